The number of rotatable bonds is 2. The fraction of sp³-hybridized carbons (Fsp3) is 0.600. The number of hydrogen-bond acceptors (Lipinski definition) is 1. The van der Waals surface area contributed by atoms with Crippen LogP contribution in [0.2, 0.25) is 0 Å². The fourth-order valence-corrected chi connectivity index (χ4v) is 3.64. The van der Waals surface area contributed by atoms with Crippen LogP contribution in [0.5, 0.6) is 0 Å². The number of alkyl halides is 3. The number of halogens is 3. The van der Waals surface area contributed by atoms with Gasteiger partial charge >= 0.3 is 6.18 Å². The smallest absolute Gasteiger partial charge is 0.388 e. The van der Waals surface area contributed by atoms with Crippen molar-refractivity contribution in [2.24, 2.45) is 17.8 Å². The van der Waals surface area contributed by atoms with E-state index < -0.39 is 17.8 Å². The van der Waals surface area contributed by atoms with Gasteiger partial charge in [0.25, 0.3) is 0 Å². The van der Waals surface area contributed by atoms with E-state index in [0.29, 0.717) is 17.4 Å². The van der Waals surface area contributed by atoms with Crippen LogP contribution < -0.4 is 0 Å². The predicted molar refractivity (Wildman–Crippen MR) is 65.3 cm³/mol. The van der Waals surface area contributed by atoms with Crippen LogP contribution in [0, 0.1) is 17.8 Å². The summed E-state index contributed by atoms with van der Waals surface area (Å²) in [6.07, 6.45) is -0.474. The predicted octanol–water partition coefficient (Wildman–Crippen LogP) is 4.18. The molecule has 0 spiro atoms. The van der Waals surface area contributed by atoms with Gasteiger partial charge in [0.2, 0.25) is 0 Å². The number of aliphatic hydroxyl groups excluding tert-OH is 1. The Morgan fingerprint density at radius 2 is 1.74 bits per heavy atom. The molecule has 0 bridgehead atoms. The standard InChI is InChI=1S/C15H17F3O/c16-15(17,18)10-5-3-4-9(8-10)14(19)13-11-6-1-2-7-12(11)13/h3-5,8,11-14,19H,1-2,6-7H2. The summed E-state index contributed by atoms with van der Waals surface area (Å²) < 4.78 is 38.0. The van der Waals surface area contributed by atoms with Crippen molar-refractivity contribution in [2.45, 2.75) is 38.0 Å². The first-order valence-corrected chi connectivity index (χ1v) is 6.84. The van der Waals surface area contributed by atoms with E-state index in [1.165, 1.54) is 18.9 Å². The lowest BCUT2D eigenvalue weighted by atomic mass is 10.0. The molecule has 104 valence electrons. The van der Waals surface area contributed by atoms with Crippen LogP contribution in [-0.2, 0) is 6.18 Å². The van der Waals surface area contributed by atoms with Crippen molar-refractivity contribution < 1.29 is 18.3 Å². The second-order valence-corrected chi connectivity index (χ2v) is 5.76. The van der Waals surface area contributed by atoms with Crippen molar-refractivity contribution in [1.29, 1.82) is 0 Å². The van der Waals surface area contributed by atoms with Crippen molar-refractivity contribution in [3.63, 3.8) is 0 Å². The highest BCUT2D eigenvalue weighted by atomic mass is 19.4. The summed E-state index contributed by atoms with van der Waals surface area (Å²) >= 11 is 0. The van der Waals surface area contributed by atoms with E-state index in [1.54, 1.807) is 6.07 Å². The normalized spacial score (nSPS) is 31.7. The summed E-state index contributed by atoms with van der Waals surface area (Å²) in [5.74, 6) is 1.22. The van der Waals surface area contributed by atoms with Gasteiger partial charge in [0, 0.05) is 0 Å². The minimum Gasteiger partial charge on any atom is -0.388 e. The first-order valence-electron chi connectivity index (χ1n) is 6.84. The molecule has 2 aliphatic rings. The molecule has 0 amide bonds. The molecule has 2 saturated carbocycles. The number of fused-ring (bicyclic) bond motifs is 1. The van der Waals surface area contributed by atoms with Gasteiger partial charge in [-0.1, -0.05) is 25.0 Å². The van der Waals surface area contributed by atoms with Crippen LogP contribution in [-0.4, -0.2) is 5.11 Å². The zero-order chi connectivity index (χ0) is 13.6. The first-order chi connectivity index (χ1) is 8.98. The SMILES string of the molecule is OC(c1cccc(C(F)(F)F)c1)C1C2CCCCC21. The van der Waals surface area contributed by atoms with E-state index in [0.717, 1.165) is 25.0 Å². The minimum absolute atomic E-state index is 0.172. The van der Waals surface area contributed by atoms with E-state index in [9.17, 15) is 18.3 Å². The van der Waals surface area contributed by atoms with E-state index in [-0.39, 0.29) is 5.92 Å². The summed E-state index contributed by atoms with van der Waals surface area (Å²) in [7, 11) is 0. The number of aliphatic hydroxyl groups is 1. The highest BCUT2D eigenvalue weighted by Gasteiger charge is 2.54. The Balaban J connectivity index is 1.79. The molecular weight excluding hydrogens is 253 g/mol. The Hall–Kier alpha value is -1.03. The summed E-state index contributed by atoms with van der Waals surface area (Å²) in [5.41, 5.74) is -0.262. The molecule has 1 aromatic carbocycles. The van der Waals surface area contributed by atoms with Gasteiger partial charge in [0.05, 0.1) is 11.7 Å². The maximum Gasteiger partial charge on any atom is 0.416 e. The molecule has 0 aromatic heterocycles. The highest BCUT2D eigenvalue weighted by Crippen LogP contribution is 2.60. The van der Waals surface area contributed by atoms with Crippen LogP contribution in [0.15, 0.2) is 24.3 Å². The lowest BCUT2D eigenvalue weighted by Crippen LogP contribution is -2.08. The van der Waals surface area contributed by atoms with Gasteiger partial charge in [-0.3, -0.25) is 0 Å². The van der Waals surface area contributed by atoms with Crippen molar-refractivity contribution in [1.82, 2.24) is 0 Å². The lowest BCUT2D eigenvalue weighted by molar-refractivity contribution is -0.137. The molecule has 19 heavy (non-hydrogen) atoms. The third kappa shape index (κ3) is 2.38. The van der Waals surface area contributed by atoms with Crippen molar-refractivity contribution in [3.05, 3.63) is 35.4 Å². The van der Waals surface area contributed by atoms with Crippen molar-refractivity contribution in [2.75, 3.05) is 0 Å². The summed E-state index contributed by atoms with van der Waals surface area (Å²) in [5, 5.41) is 10.3. The largest absolute Gasteiger partial charge is 0.416 e. The average Bonchev–Trinajstić information content (AvgIpc) is 3.11. The van der Waals surface area contributed by atoms with Crippen LogP contribution in [0.4, 0.5) is 13.2 Å². The Morgan fingerprint density at radius 3 is 2.32 bits per heavy atom. The van der Waals surface area contributed by atoms with E-state index >= 15 is 0 Å². The molecular formula is C15H17F3O. The van der Waals surface area contributed by atoms with Crippen LogP contribution >= 0.6 is 0 Å². The second-order valence-electron chi connectivity index (χ2n) is 5.76. The lowest BCUT2D eigenvalue weighted by Gasteiger charge is -2.13. The molecule has 2 aliphatic carbocycles. The fourth-order valence-electron chi connectivity index (χ4n) is 3.64. The molecule has 2 fully saturated rings. The van der Waals surface area contributed by atoms with Gasteiger partial charge in [-0.2, -0.15) is 13.2 Å². The molecule has 3 unspecified atom stereocenters. The Bertz CT molecular complexity index is 457. The molecule has 4 heteroatoms. The van der Waals surface area contributed by atoms with E-state index in [1.807, 2.05) is 0 Å². The maximum atomic E-state index is 12.7. The molecule has 0 heterocycles. The second kappa shape index (κ2) is 4.51. The van der Waals surface area contributed by atoms with Gasteiger partial charge in [0.1, 0.15) is 0 Å². The van der Waals surface area contributed by atoms with Gasteiger partial charge in [-0.25, -0.2) is 0 Å². The number of hydrogen-bond donors (Lipinski definition) is 1. The minimum atomic E-state index is -4.34. The van der Waals surface area contributed by atoms with Crippen LogP contribution in [0.3, 0.4) is 0 Å². The molecule has 0 radical (unpaired) electrons. The molecule has 1 aromatic rings. The highest BCUT2D eigenvalue weighted by molar-refractivity contribution is 5.29. The summed E-state index contributed by atoms with van der Waals surface area (Å²) in [4.78, 5) is 0. The van der Waals surface area contributed by atoms with Gasteiger partial charge in [0.15, 0.2) is 0 Å². The summed E-state index contributed by atoms with van der Waals surface area (Å²) in [6, 6.07) is 5.13. The van der Waals surface area contributed by atoms with Crippen molar-refractivity contribution >= 4 is 0 Å². The molecule has 0 saturated heterocycles. The molecule has 0 aliphatic heterocycles. The first kappa shape index (κ1) is 13.0. The van der Waals surface area contributed by atoms with E-state index in [4.69, 9.17) is 0 Å². The Kier molecular flexibility index (Phi) is 3.08. The third-order valence-corrected chi connectivity index (χ3v) is 4.64. The number of benzene rings is 1. The van der Waals surface area contributed by atoms with Gasteiger partial charge in [-0.15, -0.1) is 0 Å². The molecule has 3 rings (SSSR count). The molecule has 3 atom stereocenters. The zero-order valence-corrected chi connectivity index (χ0v) is 10.5. The maximum absolute atomic E-state index is 12.7. The monoisotopic (exact) mass is 270 g/mol. The van der Waals surface area contributed by atoms with Gasteiger partial charge < -0.3 is 5.11 Å². The molecule has 1 nitrogen and oxygen atoms in total. The van der Waals surface area contributed by atoms with Crippen LogP contribution in [0.1, 0.15) is 42.9 Å². The van der Waals surface area contributed by atoms with E-state index in [2.05, 4.69) is 0 Å². The summed E-state index contributed by atoms with van der Waals surface area (Å²) in [6.45, 7) is 0. The third-order valence-electron chi connectivity index (χ3n) is 4.64. The Morgan fingerprint density at radius 1 is 1.11 bits per heavy atom. The van der Waals surface area contributed by atoms with Gasteiger partial charge in [-0.05, 0) is 48.3 Å². The zero-order valence-electron chi connectivity index (χ0n) is 10.5. The van der Waals surface area contributed by atoms with Crippen LogP contribution in [0.25, 0.3) is 0 Å². The quantitative estimate of drug-likeness (QED) is 0.855. The van der Waals surface area contributed by atoms with Crippen molar-refractivity contribution in [3.8, 4) is 0 Å². The molecule has 1 N–H and O–H groups in total. The average molecular weight is 270 g/mol. The Labute approximate surface area is 110 Å². The topological polar surface area (TPSA) is 20.2 Å².